The van der Waals surface area contributed by atoms with Gasteiger partial charge in [0, 0.05) is 19.1 Å². The van der Waals surface area contributed by atoms with Crippen molar-refractivity contribution in [2.24, 2.45) is 5.92 Å². The van der Waals surface area contributed by atoms with E-state index in [1.54, 1.807) is 0 Å². The molecular weight excluding hydrogens is 226 g/mol. The number of hydrazine groups is 1. The fourth-order valence-electron chi connectivity index (χ4n) is 1.32. The number of rotatable bonds is 3. The van der Waals surface area contributed by atoms with Crippen molar-refractivity contribution in [1.82, 2.24) is 16.2 Å². The van der Waals surface area contributed by atoms with E-state index in [2.05, 4.69) is 16.2 Å². The first-order valence-electron chi connectivity index (χ1n) is 5.55. The highest BCUT2D eigenvalue weighted by atomic mass is 32.1. The van der Waals surface area contributed by atoms with E-state index in [1.807, 2.05) is 13.8 Å². The van der Waals surface area contributed by atoms with Crippen LogP contribution >= 0.6 is 12.2 Å². The largest absolute Gasteiger partial charge is 0.376 e. The van der Waals surface area contributed by atoms with E-state index in [0.29, 0.717) is 11.7 Å². The fraction of sp³-hybridized carbons (Fsp3) is 0.800. The Morgan fingerprint density at radius 3 is 2.81 bits per heavy atom. The first-order valence-corrected chi connectivity index (χ1v) is 5.95. The molecule has 5 nitrogen and oxygen atoms in total. The zero-order chi connectivity index (χ0) is 12.0. The lowest BCUT2D eigenvalue weighted by atomic mass is 10.2. The molecule has 3 N–H and O–H groups in total. The first-order chi connectivity index (χ1) is 7.59. The Balaban J connectivity index is 2.08. The van der Waals surface area contributed by atoms with E-state index in [4.69, 9.17) is 17.0 Å². The maximum atomic E-state index is 11.2. The Labute approximate surface area is 101 Å². The van der Waals surface area contributed by atoms with Gasteiger partial charge in [0.2, 0.25) is 5.91 Å². The van der Waals surface area contributed by atoms with Crippen molar-refractivity contribution in [1.29, 1.82) is 0 Å². The van der Waals surface area contributed by atoms with Crippen molar-refractivity contribution in [2.75, 3.05) is 13.2 Å². The summed E-state index contributed by atoms with van der Waals surface area (Å²) in [6.07, 6.45) is 2.41. The van der Waals surface area contributed by atoms with Crippen LogP contribution < -0.4 is 16.2 Å². The quantitative estimate of drug-likeness (QED) is 0.494. The molecule has 0 aromatic carbocycles. The second-order valence-electron chi connectivity index (χ2n) is 4.11. The Bertz CT molecular complexity index is 252. The standard InChI is InChI=1S/C10H19N3O2S/c1-7(2)9(14)12-13-10(16)11-6-8-4-3-5-15-8/h7-8H,3-6H2,1-2H3,(H,12,14)(H2,11,13,16)/t8-/m1/s1. The van der Waals surface area contributed by atoms with Crippen LogP contribution in [0.3, 0.4) is 0 Å². The highest BCUT2D eigenvalue weighted by molar-refractivity contribution is 7.80. The molecule has 0 aliphatic carbocycles. The van der Waals surface area contributed by atoms with Crippen LogP contribution in [0.1, 0.15) is 26.7 Å². The number of nitrogens with one attached hydrogen (secondary N) is 3. The normalized spacial score (nSPS) is 19.6. The van der Waals surface area contributed by atoms with Gasteiger partial charge in [-0.05, 0) is 25.1 Å². The summed E-state index contributed by atoms with van der Waals surface area (Å²) in [6.45, 7) is 5.15. The molecule has 6 heteroatoms. The molecule has 0 radical (unpaired) electrons. The number of hydrogen-bond acceptors (Lipinski definition) is 3. The van der Waals surface area contributed by atoms with Crippen molar-refractivity contribution >= 4 is 23.2 Å². The zero-order valence-electron chi connectivity index (χ0n) is 9.71. The molecule has 1 amide bonds. The van der Waals surface area contributed by atoms with E-state index in [9.17, 15) is 4.79 Å². The topological polar surface area (TPSA) is 62.4 Å². The molecule has 1 aliphatic rings. The summed E-state index contributed by atoms with van der Waals surface area (Å²) in [5, 5.41) is 3.42. The van der Waals surface area contributed by atoms with Gasteiger partial charge in [0.15, 0.2) is 5.11 Å². The average Bonchev–Trinajstić information content (AvgIpc) is 2.75. The predicted octanol–water partition coefficient (Wildman–Crippen LogP) is 0.317. The molecule has 0 aromatic rings. The molecule has 0 bridgehead atoms. The molecule has 0 saturated carbocycles. The number of carbonyl (C=O) groups excluding carboxylic acids is 1. The lowest BCUT2D eigenvalue weighted by molar-refractivity contribution is -0.124. The third-order valence-electron chi connectivity index (χ3n) is 2.34. The number of thiocarbonyl (C=S) groups is 1. The maximum Gasteiger partial charge on any atom is 0.240 e. The van der Waals surface area contributed by atoms with Gasteiger partial charge in [0.25, 0.3) is 0 Å². The summed E-state index contributed by atoms with van der Waals surface area (Å²) >= 11 is 5.00. The molecule has 0 spiro atoms. The molecule has 0 aromatic heterocycles. The molecule has 92 valence electrons. The molecule has 1 heterocycles. The van der Waals surface area contributed by atoms with Crippen molar-refractivity contribution in [3.63, 3.8) is 0 Å². The van der Waals surface area contributed by atoms with Gasteiger partial charge in [-0.3, -0.25) is 15.6 Å². The van der Waals surface area contributed by atoms with Gasteiger partial charge in [0.05, 0.1) is 6.10 Å². The van der Waals surface area contributed by atoms with Crippen LogP contribution in [0.2, 0.25) is 0 Å². The van der Waals surface area contributed by atoms with Crippen molar-refractivity contribution in [2.45, 2.75) is 32.8 Å². The van der Waals surface area contributed by atoms with Gasteiger partial charge >= 0.3 is 0 Å². The minimum atomic E-state index is -0.0822. The van der Waals surface area contributed by atoms with E-state index in [-0.39, 0.29) is 17.9 Å². The molecule has 1 saturated heterocycles. The third-order valence-corrected chi connectivity index (χ3v) is 2.58. The summed E-state index contributed by atoms with van der Waals surface area (Å²) in [7, 11) is 0. The van der Waals surface area contributed by atoms with Crippen LogP contribution in [0.25, 0.3) is 0 Å². The highest BCUT2D eigenvalue weighted by Crippen LogP contribution is 2.10. The zero-order valence-corrected chi connectivity index (χ0v) is 10.5. The number of hydrogen-bond donors (Lipinski definition) is 3. The summed E-state index contributed by atoms with van der Waals surface area (Å²) in [4.78, 5) is 11.2. The number of ether oxygens (including phenoxy) is 1. The Morgan fingerprint density at radius 2 is 2.25 bits per heavy atom. The highest BCUT2D eigenvalue weighted by Gasteiger charge is 2.15. The molecule has 16 heavy (non-hydrogen) atoms. The van der Waals surface area contributed by atoms with E-state index in [0.717, 1.165) is 19.4 Å². The number of carbonyl (C=O) groups is 1. The number of amides is 1. The van der Waals surface area contributed by atoms with Gasteiger partial charge in [-0.15, -0.1) is 0 Å². The summed E-state index contributed by atoms with van der Waals surface area (Å²) in [6, 6.07) is 0. The lowest BCUT2D eigenvalue weighted by Crippen LogP contribution is -2.49. The Morgan fingerprint density at radius 1 is 1.50 bits per heavy atom. The Hall–Kier alpha value is -0.880. The van der Waals surface area contributed by atoms with Gasteiger partial charge in [0.1, 0.15) is 0 Å². The van der Waals surface area contributed by atoms with Gasteiger partial charge < -0.3 is 10.1 Å². The Kier molecular flexibility index (Phi) is 5.48. The predicted molar refractivity (Wildman–Crippen MR) is 65.7 cm³/mol. The second-order valence-corrected chi connectivity index (χ2v) is 4.52. The maximum absolute atomic E-state index is 11.2. The van der Waals surface area contributed by atoms with Crippen LogP contribution in [0.5, 0.6) is 0 Å². The van der Waals surface area contributed by atoms with E-state index in [1.165, 1.54) is 0 Å². The van der Waals surface area contributed by atoms with Crippen LogP contribution in [0.4, 0.5) is 0 Å². The average molecular weight is 245 g/mol. The van der Waals surface area contributed by atoms with Crippen molar-refractivity contribution in [3.05, 3.63) is 0 Å². The minimum Gasteiger partial charge on any atom is -0.376 e. The minimum absolute atomic E-state index is 0.0616. The molecule has 1 rings (SSSR count). The van der Waals surface area contributed by atoms with Crippen LogP contribution in [0.15, 0.2) is 0 Å². The lowest BCUT2D eigenvalue weighted by Gasteiger charge is -2.15. The summed E-state index contributed by atoms with van der Waals surface area (Å²) in [5.74, 6) is -0.144. The second kappa shape index (κ2) is 6.65. The van der Waals surface area contributed by atoms with E-state index >= 15 is 0 Å². The smallest absolute Gasteiger partial charge is 0.240 e. The monoisotopic (exact) mass is 245 g/mol. The molecule has 0 unspecified atom stereocenters. The molecule has 1 fully saturated rings. The van der Waals surface area contributed by atoms with Crippen molar-refractivity contribution in [3.8, 4) is 0 Å². The molecule has 1 aliphatic heterocycles. The van der Waals surface area contributed by atoms with Crippen LogP contribution in [-0.4, -0.2) is 30.3 Å². The molecule has 1 atom stereocenters. The summed E-state index contributed by atoms with van der Waals surface area (Å²) < 4.78 is 5.43. The summed E-state index contributed by atoms with van der Waals surface area (Å²) in [5.41, 5.74) is 5.18. The van der Waals surface area contributed by atoms with Gasteiger partial charge in [-0.25, -0.2) is 0 Å². The molecular formula is C10H19N3O2S. The van der Waals surface area contributed by atoms with Crippen molar-refractivity contribution < 1.29 is 9.53 Å². The van der Waals surface area contributed by atoms with E-state index < -0.39 is 0 Å². The SMILES string of the molecule is CC(C)C(=O)NNC(=S)NC[C@H]1CCCO1. The first kappa shape index (κ1) is 13.2. The fourth-order valence-corrected chi connectivity index (χ4v) is 1.45. The van der Waals surface area contributed by atoms with Crippen LogP contribution in [0, 0.1) is 5.92 Å². The van der Waals surface area contributed by atoms with Gasteiger partial charge in [-0.1, -0.05) is 13.8 Å². The third kappa shape index (κ3) is 4.76. The van der Waals surface area contributed by atoms with Gasteiger partial charge in [-0.2, -0.15) is 0 Å². The van der Waals surface area contributed by atoms with Crippen LogP contribution in [-0.2, 0) is 9.53 Å².